The molecule has 13 atom stereocenters. The Hall–Kier alpha value is 4.58. The molecular weight excluding hydrogens is 3350 g/mol. The van der Waals surface area contributed by atoms with Crippen LogP contribution in [0, 0.1) is 76.5 Å². The van der Waals surface area contributed by atoms with E-state index >= 15 is 17.6 Å². The van der Waals surface area contributed by atoms with Crippen LogP contribution < -0.4 is 36.9 Å². The largest absolute Gasteiger partial charge is 0 e. The Kier molecular flexibility index (Phi) is 70.4. The molecule has 0 spiro atoms. The summed E-state index contributed by atoms with van der Waals surface area (Å²) in [6.45, 7) is 54.3. The van der Waals surface area contributed by atoms with Gasteiger partial charge in [-0.2, -0.15) is 20.2 Å². The molecule has 0 amide bonds. The van der Waals surface area contributed by atoms with Gasteiger partial charge in [0, 0.05) is 75.2 Å². The number of nitriles is 3. The summed E-state index contributed by atoms with van der Waals surface area (Å²) in [7, 11) is -22.1. The summed E-state index contributed by atoms with van der Waals surface area (Å²) in [4.78, 5) is 25.5. The van der Waals surface area contributed by atoms with Gasteiger partial charge in [0.05, 0.1) is 158 Å². The van der Waals surface area contributed by atoms with E-state index in [1.54, 1.807) is 59.9 Å². The van der Waals surface area contributed by atoms with E-state index in [1.165, 1.54) is 2.43 Å². The maximum atomic E-state index is 16.5. The van der Waals surface area contributed by atoms with Crippen molar-refractivity contribution in [3.63, 3.8) is 0 Å². The number of halogens is 16. The summed E-state index contributed by atoms with van der Waals surface area (Å²) < 4.78 is 166. The second-order valence-electron chi connectivity index (χ2n) is 39.1. The number of aromatic nitrogens is 4. The Balaban J connectivity index is -0.00000170. The number of rotatable bonds is 27. The molecule has 0 bridgehead atoms. The van der Waals surface area contributed by atoms with Crippen molar-refractivity contribution in [2.75, 3.05) is 52.1 Å². The standard InChI is InChI=1S/C24H40BrFN4O2S2Si.C21H35FN4OSSi.C20H32BrFN4OSSi.C17H28BrFN2OSSi.C7H12N2OS.CHI3.CH2I2.CH2I.CH3.3HI.3V/c1-9-35(10-2,11-3)18-15-19(25)29-21(20(18)26)24(8,30-33(31)22(4,5)6)17-34(32)23(7,16-27)13-12-14-28-34;1-7-29(8-2,9-3)16-13-15(4)25-18(17(16)22)20(5)14-28(27)21(6,19(23)26-20)11-10-12-24-28;1-6-29(7-2,8-3)15-12-16(21)26-18(17(15)22)20(5,24)14-28(27)19(4,13-23)10-9-11-25-28;1-8-24(9-2,10-3)13-11-14(18)20-16(15(13)19)12(4)21-23(22)17(5,6)7;1-7(6-8)4-3-5-9-11(7,2)10;2-1(3)4;2-1-3;1-2;;;;;;;/h15,30H,9-14,17H2,1-8H3;13H,7-12,14H2,1-6H3,(H2,23,26);12H,6-11,14,24H2,1-5H3;11H,8-10H2,1-7H3;3-5H2,1-2H3;1H;1H2;1H2;1H3;3*1H;;;/q;;;;;;;2*-1;;;;;;+3/p-3/t23?,24?,33-,34?;;;23-;;;;;;;;;;;/m1..1.........../s1. The van der Waals surface area contributed by atoms with Crippen LogP contribution in [0.4, 0.5) is 17.6 Å². The van der Waals surface area contributed by atoms with Crippen LogP contribution >= 0.6 is 243 Å². The van der Waals surface area contributed by atoms with Gasteiger partial charge in [-0.15, -0.1) is 0 Å². The number of nitrogens with two attached hydrogens (primary N) is 2. The molecule has 5 N–H and O–H groups in total. The Morgan fingerprint density at radius 2 is 0.875 bits per heavy atom. The number of aliphatic imine (C=N–C) groups is 1. The molecule has 5 aliphatic heterocycles. The molecule has 4 aromatic rings. The van der Waals surface area contributed by atoms with Gasteiger partial charge >= 0.3 is 64.9 Å². The van der Waals surface area contributed by atoms with E-state index in [4.69, 9.17) is 21.7 Å². The molecule has 2 radical (unpaired) electrons. The fourth-order valence-electron chi connectivity index (χ4n) is 18.0. The quantitative estimate of drug-likeness (QED) is 0.00950. The van der Waals surface area contributed by atoms with E-state index < -0.39 is 144 Å². The summed E-state index contributed by atoms with van der Waals surface area (Å²) in [6.07, 6.45) is 7.05. The molecular formula is C93H155Br3F4I9N16O6S6Si4V3-2. The van der Waals surface area contributed by atoms with E-state index in [1.807, 2.05) is 97.0 Å². The summed E-state index contributed by atoms with van der Waals surface area (Å²) in [5, 5.41) is 31.4. The summed E-state index contributed by atoms with van der Waals surface area (Å²) >= 11 is 31.1. The maximum absolute atomic E-state index is 16.5. The van der Waals surface area contributed by atoms with Crippen LogP contribution in [-0.2, 0) is 120 Å². The molecule has 0 aliphatic carbocycles. The molecule has 9 heterocycles. The van der Waals surface area contributed by atoms with Gasteiger partial charge in [0.15, 0.2) is 0 Å². The third-order valence-electron chi connectivity index (χ3n) is 28.3. The first-order valence-electron chi connectivity index (χ1n) is 47.1. The first kappa shape index (κ1) is 153. The minimum atomic E-state index is -3.12. The fraction of sp³-hybridized carbons (Fsp3) is 0.710. The predicted molar refractivity (Wildman–Crippen MR) is 697 cm³/mol. The Bertz CT molecular complexity index is 5660. The normalized spacial score (nSPS) is 24.7. The molecule has 824 valence electrons. The number of nitrogens with one attached hydrogen (secondary N) is 1. The van der Waals surface area contributed by atoms with E-state index in [0.717, 1.165) is 107 Å². The molecule has 0 saturated heterocycles. The van der Waals surface area contributed by atoms with Crippen molar-refractivity contribution >= 4 is 369 Å². The molecule has 0 saturated carbocycles. The molecule has 9 rings (SSSR count). The first-order chi connectivity index (χ1) is 64.9. The van der Waals surface area contributed by atoms with E-state index in [9.17, 15) is 35.8 Å². The number of alkyl halides is 5. The Labute approximate surface area is 1040 Å². The summed E-state index contributed by atoms with van der Waals surface area (Å²) in [5.74, 6) is -1.13. The number of fused-ring (bicyclic) bond motifs is 1. The van der Waals surface area contributed by atoms with Gasteiger partial charge in [-0.25, -0.2) is 79.9 Å². The van der Waals surface area contributed by atoms with Gasteiger partial charge in [0.1, 0.15) is 89.8 Å². The first-order valence-corrected chi connectivity index (χ1v) is 91.1. The van der Waals surface area contributed by atoms with Gasteiger partial charge in [0.25, 0.3) is 0 Å². The van der Waals surface area contributed by atoms with Crippen LogP contribution in [0.15, 0.2) is 64.9 Å². The molecule has 22 nitrogen and oxygen atoms in total. The number of nitrogens with zero attached hydrogens (tertiary/aromatic N) is 13. The van der Waals surface area contributed by atoms with Crippen molar-refractivity contribution in [2.45, 2.75) is 356 Å². The van der Waals surface area contributed by atoms with Gasteiger partial charge in [-0.05, 0) is 248 Å². The summed E-state index contributed by atoms with van der Waals surface area (Å²) in [6, 6.07) is 25.1. The van der Waals surface area contributed by atoms with Crippen LogP contribution in [0.2, 0.25) is 72.5 Å². The second-order valence-corrected chi connectivity index (χ2v) is 128. The smallest absolute Gasteiger partial charge is 0 e. The molecule has 5 aliphatic rings. The average Bonchev–Trinajstić information content (AvgIpc) is 0.691. The van der Waals surface area contributed by atoms with Crippen molar-refractivity contribution in [3.8, 4) is 18.2 Å². The number of pyridine rings is 4. The van der Waals surface area contributed by atoms with Gasteiger partial charge in [-0.3, -0.25) is 14.9 Å². The zero-order chi connectivity index (χ0) is 110. The van der Waals surface area contributed by atoms with E-state index in [0.29, 0.717) is 95.2 Å². The molecule has 0 fully saturated rings. The monoisotopic (exact) mass is 3500 g/mol. The minimum Gasteiger partial charge on any atom is 0 e. The van der Waals surface area contributed by atoms with E-state index in [-0.39, 0.29) is 107 Å². The number of hydrogen-bond donors (Lipinski definition) is 3. The van der Waals surface area contributed by atoms with Crippen molar-refractivity contribution in [1.82, 2.24) is 24.7 Å². The molecule has 4 aromatic heterocycles. The average molecular weight is 3510 g/mol. The van der Waals surface area contributed by atoms with Crippen LogP contribution in [-0.4, -0.2) is 170 Å². The number of amidine groups is 1. The minimum absolute atomic E-state index is 0. The summed E-state index contributed by atoms with van der Waals surface area (Å²) in [5.41, 5.74) is 11.0. The Morgan fingerprint density at radius 1 is 0.556 bits per heavy atom. The van der Waals surface area contributed by atoms with Gasteiger partial charge in [0.2, 0.25) is 0 Å². The van der Waals surface area contributed by atoms with Crippen molar-refractivity contribution in [2.24, 2.45) is 38.3 Å². The zero-order valence-corrected chi connectivity index (χ0v) is 126. The second kappa shape index (κ2) is 66.4. The van der Waals surface area contributed by atoms with Crippen LogP contribution in [0.25, 0.3) is 0 Å². The van der Waals surface area contributed by atoms with Crippen LogP contribution in [0.3, 0.4) is 0 Å². The van der Waals surface area contributed by atoms with Crippen molar-refractivity contribution in [3.05, 3.63) is 102 Å². The van der Waals surface area contributed by atoms with Crippen molar-refractivity contribution < 1.29 is 84.8 Å². The van der Waals surface area contributed by atoms with Gasteiger partial charge in [-0.1, -0.05) is 269 Å². The van der Waals surface area contributed by atoms with Crippen molar-refractivity contribution in [1.29, 1.82) is 15.8 Å². The van der Waals surface area contributed by atoms with Gasteiger partial charge < -0.3 is 41.5 Å². The molecule has 51 heteroatoms. The zero-order valence-electron chi connectivity index (χ0n) is 89.1. The maximum Gasteiger partial charge on any atom is 0 e. The molecule has 0 aromatic carbocycles. The van der Waals surface area contributed by atoms with E-state index in [2.05, 4.69) is 373 Å². The SMILES string of the molecule is CC1(C#N)CCCN=S1(C)=O.CC[Si](CC)(CC)c1cc(Br)nc(C(C)(CS2(=O)=NCCCC2(C)C#N)N[S@](=O)C(C)(C)C)c1F.CC[Si](CC)(CC)c1cc(Br)nc(C(C)(N)CS2(=O)=NCCCC2(C)C#N)c1F.CC[Si](CC)(CC)c1cc(Br)nc(C(C)=N[S@](=O)C(C)(C)C)c1F.CC[Si](CC)(CC)c1cc(C)nc(C2(C)CS3(=O)=NCCCC3(C)C(N)=N2)c1F.IC(I)I.ICI.[CH2-]I.[CH3-].[I][V]([I])[I].[V].[V]. The van der Waals surface area contributed by atoms with Crippen LogP contribution in [0.5, 0.6) is 0 Å². The Morgan fingerprint density at radius 3 is 1.22 bits per heavy atom. The third-order valence-corrected chi connectivity index (χ3v) is 67.6. The molecule has 11 unspecified atom stereocenters. The molecule has 144 heavy (non-hydrogen) atoms. The number of aryl methyl sites for hydroxylation is 1. The van der Waals surface area contributed by atoms with Crippen LogP contribution in [0.1, 0.15) is 260 Å². The fourth-order valence-corrected chi connectivity index (χ4v) is 45.9. The third kappa shape index (κ3) is 39.2. The topological polar surface area (TPSA) is 364 Å². The predicted octanol–water partition coefficient (Wildman–Crippen LogP) is 28.6. The number of hydrogen-bond acceptors (Lipinski definition) is 20.